The van der Waals surface area contributed by atoms with Crippen LogP contribution >= 0.6 is 0 Å². The number of nitrogens with zero attached hydrogens (tertiary/aromatic N) is 3. The Kier molecular flexibility index (Phi) is 4.67. The molecule has 0 amide bonds. The maximum Gasteiger partial charge on any atom is 0.235 e. The van der Waals surface area contributed by atoms with Gasteiger partial charge in [0.15, 0.2) is 0 Å². The Bertz CT molecular complexity index is 1030. The van der Waals surface area contributed by atoms with Crippen LogP contribution < -0.4 is 4.72 Å². The van der Waals surface area contributed by atoms with Crippen LogP contribution in [0.1, 0.15) is 12.8 Å². The summed E-state index contributed by atoms with van der Waals surface area (Å²) in [4.78, 5) is 4.04. The predicted molar refractivity (Wildman–Crippen MR) is 104 cm³/mol. The number of aliphatic hydroxyl groups is 1. The van der Waals surface area contributed by atoms with E-state index in [0.717, 1.165) is 35.2 Å². The normalized spacial score (nSPS) is 14.3. The van der Waals surface area contributed by atoms with E-state index in [2.05, 4.69) is 14.8 Å². The Hall–Kier alpha value is -2.71. The first-order valence-corrected chi connectivity index (χ1v) is 10.3. The van der Waals surface area contributed by atoms with Crippen molar-refractivity contribution in [2.45, 2.75) is 24.6 Å². The summed E-state index contributed by atoms with van der Waals surface area (Å²) in [6.07, 6.45) is 6.76. The van der Waals surface area contributed by atoms with Gasteiger partial charge in [-0.2, -0.15) is 5.10 Å². The van der Waals surface area contributed by atoms with Crippen LogP contribution in [0.2, 0.25) is 0 Å². The molecular weight excluding hydrogens is 364 g/mol. The topological polar surface area (TPSA) is 97.1 Å². The molecule has 0 spiro atoms. The molecule has 0 saturated heterocycles. The molecule has 1 aliphatic rings. The van der Waals surface area contributed by atoms with Crippen LogP contribution in [0.15, 0.2) is 55.0 Å². The molecule has 0 atom stereocenters. The highest BCUT2D eigenvalue weighted by molar-refractivity contribution is 7.93. The fourth-order valence-electron chi connectivity index (χ4n) is 2.92. The summed E-state index contributed by atoms with van der Waals surface area (Å²) in [6.45, 7) is 0.399. The third-order valence-corrected chi connectivity index (χ3v) is 6.33. The van der Waals surface area contributed by atoms with Gasteiger partial charge in [-0.05, 0) is 42.7 Å². The molecule has 1 aliphatic carbocycles. The standard InChI is InChI=1S/C19H20N4O3S/c24-12-11-23-13-18(19(21-23)15-7-9-20-10-8-15)14-1-3-16(4-2-14)22-27(25,26)17-5-6-17/h1-4,7-10,13,17,22,24H,5-6,11-12H2. The van der Waals surface area contributed by atoms with Crippen molar-refractivity contribution < 1.29 is 13.5 Å². The number of benzene rings is 1. The van der Waals surface area contributed by atoms with Gasteiger partial charge < -0.3 is 5.11 Å². The lowest BCUT2D eigenvalue weighted by atomic mass is 10.0. The van der Waals surface area contributed by atoms with E-state index in [1.54, 1.807) is 29.2 Å². The van der Waals surface area contributed by atoms with E-state index in [1.165, 1.54) is 0 Å². The quantitative estimate of drug-likeness (QED) is 0.652. The lowest BCUT2D eigenvalue weighted by molar-refractivity contribution is 0.269. The van der Waals surface area contributed by atoms with Crippen LogP contribution in [0.5, 0.6) is 0 Å². The van der Waals surface area contributed by atoms with Crippen molar-refractivity contribution in [3.8, 4) is 22.4 Å². The number of anilines is 1. The highest BCUT2D eigenvalue weighted by Gasteiger charge is 2.35. The van der Waals surface area contributed by atoms with Crippen molar-refractivity contribution in [1.29, 1.82) is 0 Å². The van der Waals surface area contributed by atoms with Gasteiger partial charge in [0.25, 0.3) is 0 Å². The molecular formula is C19H20N4O3S. The van der Waals surface area contributed by atoms with Gasteiger partial charge >= 0.3 is 0 Å². The summed E-state index contributed by atoms with van der Waals surface area (Å²) in [5, 5.41) is 13.5. The van der Waals surface area contributed by atoms with Crippen molar-refractivity contribution in [3.05, 3.63) is 55.0 Å². The summed E-state index contributed by atoms with van der Waals surface area (Å²) in [6, 6.07) is 11.0. The number of sulfonamides is 1. The van der Waals surface area contributed by atoms with E-state index < -0.39 is 10.0 Å². The lowest BCUT2D eigenvalue weighted by Crippen LogP contribution is -2.17. The van der Waals surface area contributed by atoms with Crippen molar-refractivity contribution in [2.24, 2.45) is 0 Å². The third kappa shape index (κ3) is 3.86. The van der Waals surface area contributed by atoms with E-state index >= 15 is 0 Å². The van der Waals surface area contributed by atoms with Gasteiger partial charge in [-0.1, -0.05) is 12.1 Å². The van der Waals surface area contributed by atoms with Crippen molar-refractivity contribution in [2.75, 3.05) is 11.3 Å². The van der Waals surface area contributed by atoms with Crippen LogP contribution in [-0.4, -0.2) is 40.1 Å². The van der Waals surface area contributed by atoms with Crippen molar-refractivity contribution in [1.82, 2.24) is 14.8 Å². The Morgan fingerprint density at radius 2 is 1.78 bits per heavy atom. The van der Waals surface area contributed by atoms with Crippen LogP contribution in [-0.2, 0) is 16.6 Å². The summed E-state index contributed by atoms with van der Waals surface area (Å²) >= 11 is 0. The SMILES string of the molecule is O=S(=O)(Nc1ccc(-c2cn(CCO)nc2-c2ccncc2)cc1)C1CC1. The number of aliphatic hydroxyl groups excluding tert-OH is 1. The summed E-state index contributed by atoms with van der Waals surface area (Å²) in [5.41, 5.74) is 4.10. The Morgan fingerprint density at radius 3 is 2.41 bits per heavy atom. The zero-order valence-electron chi connectivity index (χ0n) is 14.6. The fourth-order valence-corrected chi connectivity index (χ4v) is 4.30. The number of nitrogens with one attached hydrogen (secondary N) is 1. The zero-order chi connectivity index (χ0) is 18.9. The van der Waals surface area contributed by atoms with Gasteiger partial charge in [-0.25, -0.2) is 8.42 Å². The number of hydrogen-bond donors (Lipinski definition) is 2. The second-order valence-electron chi connectivity index (χ2n) is 6.54. The molecule has 3 aromatic rings. The lowest BCUT2D eigenvalue weighted by Gasteiger charge is -2.08. The van der Waals surface area contributed by atoms with Crippen LogP contribution in [0.25, 0.3) is 22.4 Å². The zero-order valence-corrected chi connectivity index (χ0v) is 15.4. The van der Waals surface area contributed by atoms with Gasteiger partial charge in [-0.3, -0.25) is 14.4 Å². The molecule has 0 aliphatic heterocycles. The molecule has 0 radical (unpaired) electrons. The maximum atomic E-state index is 12.1. The minimum atomic E-state index is -3.27. The molecule has 2 aromatic heterocycles. The minimum Gasteiger partial charge on any atom is -0.394 e. The monoisotopic (exact) mass is 384 g/mol. The Morgan fingerprint density at radius 1 is 1.07 bits per heavy atom. The first-order chi connectivity index (χ1) is 13.1. The average Bonchev–Trinajstić information content (AvgIpc) is 3.45. The molecule has 1 aromatic carbocycles. The van der Waals surface area contributed by atoms with Crippen LogP contribution in [0.4, 0.5) is 5.69 Å². The molecule has 1 fully saturated rings. The minimum absolute atomic E-state index is 0.00120. The average molecular weight is 384 g/mol. The molecule has 7 nitrogen and oxygen atoms in total. The Balaban J connectivity index is 1.66. The smallest absolute Gasteiger partial charge is 0.235 e. The second-order valence-corrected chi connectivity index (χ2v) is 8.50. The van der Waals surface area contributed by atoms with E-state index in [0.29, 0.717) is 12.2 Å². The summed E-state index contributed by atoms with van der Waals surface area (Å²) in [5.74, 6) is 0. The molecule has 0 bridgehead atoms. The molecule has 4 rings (SSSR count). The molecule has 2 N–H and O–H groups in total. The number of hydrogen-bond acceptors (Lipinski definition) is 5. The molecule has 2 heterocycles. The number of aromatic nitrogens is 3. The third-order valence-electron chi connectivity index (χ3n) is 4.46. The van der Waals surface area contributed by atoms with Crippen molar-refractivity contribution in [3.63, 3.8) is 0 Å². The molecule has 140 valence electrons. The van der Waals surface area contributed by atoms with E-state index in [9.17, 15) is 13.5 Å². The molecule has 1 saturated carbocycles. The largest absolute Gasteiger partial charge is 0.394 e. The first kappa shape index (κ1) is 17.7. The Labute approximate surface area is 157 Å². The van der Waals surface area contributed by atoms with Gasteiger partial charge in [0.2, 0.25) is 10.0 Å². The number of pyridine rings is 1. The highest BCUT2D eigenvalue weighted by Crippen LogP contribution is 2.33. The molecule has 27 heavy (non-hydrogen) atoms. The molecule has 8 heteroatoms. The second kappa shape index (κ2) is 7.13. The van der Waals surface area contributed by atoms with Gasteiger partial charge in [0.1, 0.15) is 5.69 Å². The highest BCUT2D eigenvalue weighted by atomic mass is 32.2. The maximum absolute atomic E-state index is 12.1. The molecule has 0 unspecified atom stereocenters. The first-order valence-electron chi connectivity index (χ1n) is 8.77. The van der Waals surface area contributed by atoms with E-state index in [1.807, 2.05) is 30.5 Å². The van der Waals surface area contributed by atoms with E-state index in [-0.39, 0.29) is 11.9 Å². The summed E-state index contributed by atoms with van der Waals surface area (Å²) < 4.78 is 28.5. The van der Waals surface area contributed by atoms with Crippen LogP contribution in [0.3, 0.4) is 0 Å². The fraction of sp³-hybridized carbons (Fsp3) is 0.263. The predicted octanol–water partition coefficient (Wildman–Crippen LogP) is 2.51. The van der Waals surface area contributed by atoms with Crippen LogP contribution in [0, 0.1) is 0 Å². The van der Waals surface area contributed by atoms with Crippen molar-refractivity contribution >= 4 is 15.7 Å². The van der Waals surface area contributed by atoms with Gasteiger partial charge in [0, 0.05) is 35.4 Å². The summed E-state index contributed by atoms with van der Waals surface area (Å²) in [7, 11) is -3.27. The number of rotatable bonds is 7. The van der Waals surface area contributed by atoms with Gasteiger partial charge in [0.05, 0.1) is 18.4 Å². The van der Waals surface area contributed by atoms with E-state index in [4.69, 9.17) is 0 Å². The van der Waals surface area contributed by atoms with Gasteiger partial charge in [-0.15, -0.1) is 0 Å².